The zero-order chi connectivity index (χ0) is 20.6. The Kier molecular flexibility index (Phi) is 3.80. The number of benzene rings is 2. The van der Waals surface area contributed by atoms with E-state index in [0.717, 1.165) is 16.9 Å². The Morgan fingerprint density at radius 1 is 1.07 bits per heavy atom. The number of rotatable bonds is 3. The topological polar surface area (TPSA) is 101 Å². The average Bonchev–Trinajstić information content (AvgIpc) is 3.43. The fraction of sp³-hybridized carbons (Fsp3) is 0.409. The van der Waals surface area contributed by atoms with Crippen LogP contribution in [-0.2, 0) is 11.3 Å². The standard InChI is InChI=1S/C22H21NO7/c1-27-11-4-2-10(3-5-11)8-23-17-16(20-21(30-20)19(25)18(17)24)12-6-14-15(29-9-28-14)7-13(12)22(23)26/h2-7,16-21,24-25H,8-9H2,1H3/t16-,17-,18+,19+,20-,21+/m1/s1. The summed E-state index contributed by atoms with van der Waals surface area (Å²) in [7, 11) is 1.60. The number of methoxy groups -OCH3 is 1. The van der Waals surface area contributed by atoms with E-state index < -0.39 is 24.4 Å². The van der Waals surface area contributed by atoms with E-state index in [1.807, 2.05) is 30.3 Å². The first-order chi connectivity index (χ1) is 14.6. The van der Waals surface area contributed by atoms with Gasteiger partial charge in [0.2, 0.25) is 6.79 Å². The Bertz CT molecular complexity index is 1020. The Morgan fingerprint density at radius 3 is 2.53 bits per heavy atom. The summed E-state index contributed by atoms with van der Waals surface area (Å²) in [5, 5.41) is 21.4. The number of aliphatic hydroxyl groups is 2. The van der Waals surface area contributed by atoms with Crippen molar-refractivity contribution in [2.24, 2.45) is 0 Å². The van der Waals surface area contributed by atoms with Crippen LogP contribution in [-0.4, -0.2) is 65.4 Å². The van der Waals surface area contributed by atoms with Gasteiger partial charge in [0.25, 0.3) is 5.91 Å². The summed E-state index contributed by atoms with van der Waals surface area (Å²) in [6.07, 6.45) is -2.81. The van der Waals surface area contributed by atoms with Crippen molar-refractivity contribution >= 4 is 5.91 Å². The van der Waals surface area contributed by atoms with Crippen LogP contribution >= 0.6 is 0 Å². The van der Waals surface area contributed by atoms with Gasteiger partial charge >= 0.3 is 0 Å². The van der Waals surface area contributed by atoms with Crippen molar-refractivity contribution in [2.45, 2.75) is 42.9 Å². The van der Waals surface area contributed by atoms with Crippen molar-refractivity contribution in [1.29, 1.82) is 0 Å². The van der Waals surface area contributed by atoms with Crippen LogP contribution in [0.1, 0.15) is 27.4 Å². The number of ether oxygens (including phenoxy) is 4. The smallest absolute Gasteiger partial charge is 0.254 e. The second-order valence-corrected chi connectivity index (χ2v) is 8.14. The lowest BCUT2D eigenvalue weighted by Crippen LogP contribution is -2.61. The number of amides is 1. The van der Waals surface area contributed by atoms with E-state index in [1.165, 1.54) is 0 Å². The van der Waals surface area contributed by atoms with Gasteiger partial charge < -0.3 is 34.1 Å². The molecule has 0 radical (unpaired) electrons. The van der Waals surface area contributed by atoms with Crippen molar-refractivity contribution < 1.29 is 34.0 Å². The molecule has 0 unspecified atom stereocenters. The molecule has 1 amide bonds. The fourth-order valence-electron chi connectivity index (χ4n) is 5.06. The lowest BCUT2D eigenvalue weighted by molar-refractivity contribution is -0.0608. The second kappa shape index (κ2) is 6.34. The zero-order valence-corrected chi connectivity index (χ0v) is 16.2. The van der Waals surface area contributed by atoms with Gasteiger partial charge in [0.1, 0.15) is 24.1 Å². The number of epoxide rings is 1. The minimum atomic E-state index is -1.11. The number of fused-ring (bicyclic) bond motifs is 6. The minimum absolute atomic E-state index is 0.111. The van der Waals surface area contributed by atoms with Crippen molar-refractivity contribution in [3.05, 3.63) is 53.1 Å². The van der Waals surface area contributed by atoms with Crippen LogP contribution in [0, 0.1) is 0 Å². The van der Waals surface area contributed by atoms with Gasteiger partial charge in [-0.1, -0.05) is 12.1 Å². The maximum atomic E-state index is 13.5. The van der Waals surface area contributed by atoms with Crippen molar-refractivity contribution in [2.75, 3.05) is 13.9 Å². The highest BCUT2D eigenvalue weighted by Gasteiger charge is 2.64. The largest absolute Gasteiger partial charge is 0.497 e. The Labute approximate surface area is 172 Å². The van der Waals surface area contributed by atoms with Crippen LogP contribution < -0.4 is 14.2 Å². The van der Waals surface area contributed by atoms with E-state index in [4.69, 9.17) is 18.9 Å². The number of hydrogen-bond acceptors (Lipinski definition) is 7. The molecule has 2 aromatic carbocycles. The quantitative estimate of drug-likeness (QED) is 0.728. The Morgan fingerprint density at radius 2 is 1.80 bits per heavy atom. The summed E-state index contributed by atoms with van der Waals surface area (Å²) < 4.78 is 21.9. The van der Waals surface area contributed by atoms with Crippen LogP contribution in [0.5, 0.6) is 17.2 Å². The highest BCUT2D eigenvalue weighted by Crippen LogP contribution is 2.53. The molecular weight excluding hydrogens is 390 g/mol. The molecule has 1 saturated carbocycles. The Balaban J connectivity index is 1.44. The predicted molar refractivity (Wildman–Crippen MR) is 103 cm³/mol. The molecule has 1 aliphatic carbocycles. The molecule has 156 valence electrons. The van der Waals surface area contributed by atoms with E-state index in [-0.39, 0.29) is 24.7 Å². The molecule has 6 rings (SSSR count). The summed E-state index contributed by atoms with van der Waals surface area (Å²) in [4.78, 5) is 15.2. The SMILES string of the molecule is COc1ccc(CN2C(=O)c3cc4c(cc3[C@H]3[C@H]5O[C@H]5[C@@H](O)[C@@H](O)[C@@H]32)OCO4)cc1. The van der Waals surface area contributed by atoms with Gasteiger partial charge in [-0.25, -0.2) is 0 Å². The van der Waals surface area contributed by atoms with Crippen molar-refractivity contribution in [1.82, 2.24) is 4.90 Å². The Hall–Kier alpha value is -2.81. The molecule has 30 heavy (non-hydrogen) atoms. The van der Waals surface area contributed by atoms with Crippen LogP contribution in [0.2, 0.25) is 0 Å². The van der Waals surface area contributed by atoms with Gasteiger partial charge in [0.05, 0.1) is 19.3 Å². The van der Waals surface area contributed by atoms with Gasteiger partial charge in [-0.3, -0.25) is 4.79 Å². The highest BCUT2D eigenvalue weighted by molar-refractivity contribution is 5.98. The molecule has 2 aromatic rings. The van der Waals surface area contributed by atoms with Gasteiger partial charge in [-0.2, -0.15) is 0 Å². The average molecular weight is 411 g/mol. The monoisotopic (exact) mass is 411 g/mol. The van der Waals surface area contributed by atoms with E-state index in [9.17, 15) is 15.0 Å². The number of aliphatic hydroxyl groups excluding tert-OH is 2. The van der Waals surface area contributed by atoms with Crippen molar-refractivity contribution in [3.8, 4) is 17.2 Å². The molecule has 0 spiro atoms. The van der Waals surface area contributed by atoms with Crippen LogP contribution in [0.4, 0.5) is 0 Å². The third kappa shape index (κ3) is 2.47. The summed E-state index contributed by atoms with van der Waals surface area (Å²) in [5.74, 6) is 1.37. The molecule has 8 heteroatoms. The summed E-state index contributed by atoms with van der Waals surface area (Å²) in [5.41, 5.74) is 2.19. The zero-order valence-electron chi connectivity index (χ0n) is 16.2. The number of nitrogens with zero attached hydrogens (tertiary/aromatic N) is 1. The molecule has 1 saturated heterocycles. The molecule has 2 fully saturated rings. The summed E-state index contributed by atoms with van der Waals surface area (Å²) in [6.45, 7) is 0.402. The lowest BCUT2D eigenvalue weighted by atomic mass is 9.72. The van der Waals surface area contributed by atoms with E-state index in [1.54, 1.807) is 18.1 Å². The molecule has 0 bridgehead atoms. The van der Waals surface area contributed by atoms with Gasteiger partial charge in [-0.05, 0) is 35.4 Å². The maximum Gasteiger partial charge on any atom is 0.254 e. The molecule has 0 aromatic heterocycles. The molecule has 4 aliphatic rings. The molecular formula is C22H21NO7. The number of carbonyl (C=O) groups excluding carboxylic acids is 1. The highest BCUT2D eigenvalue weighted by atomic mass is 16.7. The fourth-order valence-corrected chi connectivity index (χ4v) is 5.06. The van der Waals surface area contributed by atoms with Crippen LogP contribution in [0.25, 0.3) is 0 Å². The normalized spacial score (nSPS) is 32.9. The molecule has 6 atom stereocenters. The van der Waals surface area contributed by atoms with Crippen LogP contribution in [0.15, 0.2) is 36.4 Å². The second-order valence-electron chi connectivity index (χ2n) is 8.14. The number of carbonyl (C=O) groups is 1. The molecule has 2 N–H and O–H groups in total. The van der Waals surface area contributed by atoms with Crippen molar-refractivity contribution in [3.63, 3.8) is 0 Å². The van der Waals surface area contributed by atoms with Gasteiger partial charge in [0, 0.05) is 18.0 Å². The van der Waals surface area contributed by atoms with Gasteiger partial charge in [0.15, 0.2) is 11.5 Å². The third-order valence-electron chi connectivity index (χ3n) is 6.59. The third-order valence-corrected chi connectivity index (χ3v) is 6.59. The first-order valence-electron chi connectivity index (χ1n) is 9.96. The molecule has 8 nitrogen and oxygen atoms in total. The number of hydrogen-bond donors (Lipinski definition) is 2. The van der Waals surface area contributed by atoms with E-state index >= 15 is 0 Å². The lowest BCUT2D eigenvalue weighted by Gasteiger charge is -2.46. The maximum absolute atomic E-state index is 13.5. The predicted octanol–water partition coefficient (Wildman–Crippen LogP) is 1.03. The minimum Gasteiger partial charge on any atom is -0.497 e. The summed E-state index contributed by atoms with van der Waals surface area (Å²) in [6, 6.07) is 10.4. The van der Waals surface area contributed by atoms with E-state index in [0.29, 0.717) is 23.6 Å². The van der Waals surface area contributed by atoms with Gasteiger partial charge in [-0.15, -0.1) is 0 Å². The first kappa shape index (κ1) is 18.0. The van der Waals surface area contributed by atoms with Crippen LogP contribution in [0.3, 0.4) is 0 Å². The first-order valence-corrected chi connectivity index (χ1v) is 9.96. The molecule has 3 heterocycles. The van der Waals surface area contributed by atoms with E-state index in [2.05, 4.69) is 0 Å². The summed E-state index contributed by atoms with van der Waals surface area (Å²) >= 11 is 0. The molecule has 3 aliphatic heterocycles.